The van der Waals surface area contributed by atoms with Gasteiger partial charge in [0.15, 0.2) is 0 Å². The second-order valence-corrected chi connectivity index (χ2v) is 6.20. The fourth-order valence-electron chi connectivity index (χ4n) is 3.48. The van der Waals surface area contributed by atoms with E-state index in [1.54, 1.807) is 6.33 Å². The molecule has 106 valence electrons. The van der Waals surface area contributed by atoms with Crippen molar-refractivity contribution in [2.45, 2.75) is 51.7 Å². The monoisotopic (exact) mass is 263 g/mol. The highest BCUT2D eigenvalue weighted by Gasteiger charge is 2.31. The molecule has 5 heteroatoms. The van der Waals surface area contributed by atoms with Gasteiger partial charge in [0.25, 0.3) is 0 Å². The van der Waals surface area contributed by atoms with Gasteiger partial charge in [-0.2, -0.15) is 5.10 Å². The van der Waals surface area contributed by atoms with Gasteiger partial charge in [-0.1, -0.05) is 0 Å². The Kier molecular flexibility index (Phi) is 3.84. The number of rotatable bonds is 3. The van der Waals surface area contributed by atoms with E-state index < -0.39 is 0 Å². The maximum absolute atomic E-state index is 4.43. The second kappa shape index (κ2) is 5.59. The first-order valence-corrected chi connectivity index (χ1v) is 7.58. The Balaban J connectivity index is 1.62. The van der Waals surface area contributed by atoms with E-state index in [0.717, 1.165) is 24.3 Å². The van der Waals surface area contributed by atoms with Crippen LogP contribution in [0.15, 0.2) is 6.33 Å². The molecule has 1 aromatic rings. The van der Waals surface area contributed by atoms with Crippen molar-refractivity contribution in [1.82, 2.24) is 25.0 Å². The zero-order chi connectivity index (χ0) is 13.2. The molecule has 3 rings (SSSR count). The van der Waals surface area contributed by atoms with Gasteiger partial charge < -0.3 is 5.32 Å². The summed E-state index contributed by atoms with van der Waals surface area (Å²) >= 11 is 0. The lowest BCUT2D eigenvalue weighted by molar-refractivity contribution is 0.105. The molecule has 5 nitrogen and oxygen atoms in total. The van der Waals surface area contributed by atoms with Crippen LogP contribution in [0.5, 0.6) is 0 Å². The van der Waals surface area contributed by atoms with Crippen LogP contribution in [0.3, 0.4) is 0 Å². The molecular formula is C14H25N5. The van der Waals surface area contributed by atoms with Gasteiger partial charge in [-0.05, 0) is 45.6 Å². The van der Waals surface area contributed by atoms with E-state index >= 15 is 0 Å². The fourth-order valence-corrected chi connectivity index (χ4v) is 3.48. The Morgan fingerprint density at radius 2 is 2.32 bits per heavy atom. The van der Waals surface area contributed by atoms with Crippen molar-refractivity contribution in [1.29, 1.82) is 0 Å². The topological polar surface area (TPSA) is 46.0 Å². The summed E-state index contributed by atoms with van der Waals surface area (Å²) in [5.41, 5.74) is 0. The van der Waals surface area contributed by atoms with Crippen LogP contribution in [-0.2, 0) is 6.54 Å². The predicted molar refractivity (Wildman–Crippen MR) is 74.8 cm³/mol. The summed E-state index contributed by atoms with van der Waals surface area (Å²) in [6.07, 6.45) is 5.67. The Bertz CT molecular complexity index is 414. The van der Waals surface area contributed by atoms with Crippen LogP contribution in [0.25, 0.3) is 0 Å². The SMILES string of the molecule is CC(C)n1ncnc1CN1CCC2NCCCC2C1. The Hall–Kier alpha value is -0.940. The van der Waals surface area contributed by atoms with Crippen LogP contribution in [0.4, 0.5) is 0 Å². The number of fused-ring (bicyclic) bond motifs is 1. The molecular weight excluding hydrogens is 238 g/mol. The van der Waals surface area contributed by atoms with E-state index in [9.17, 15) is 0 Å². The van der Waals surface area contributed by atoms with Crippen molar-refractivity contribution in [3.8, 4) is 0 Å². The molecule has 0 amide bonds. The number of aromatic nitrogens is 3. The largest absolute Gasteiger partial charge is 0.314 e. The van der Waals surface area contributed by atoms with Gasteiger partial charge in [0.1, 0.15) is 12.2 Å². The minimum atomic E-state index is 0.395. The zero-order valence-electron chi connectivity index (χ0n) is 12.0. The molecule has 2 fully saturated rings. The third kappa shape index (κ3) is 2.82. The molecule has 0 aromatic carbocycles. The van der Waals surface area contributed by atoms with Crippen LogP contribution in [0.1, 0.15) is 45.0 Å². The number of likely N-dealkylation sites (tertiary alicyclic amines) is 1. The van der Waals surface area contributed by atoms with Crippen LogP contribution in [-0.4, -0.2) is 45.3 Å². The third-order valence-corrected chi connectivity index (χ3v) is 4.48. The van der Waals surface area contributed by atoms with Gasteiger partial charge in [-0.3, -0.25) is 4.90 Å². The average molecular weight is 263 g/mol. The van der Waals surface area contributed by atoms with Crippen LogP contribution >= 0.6 is 0 Å². The number of piperidine rings is 2. The highest BCUT2D eigenvalue weighted by atomic mass is 15.4. The Labute approximate surface area is 115 Å². The molecule has 3 heterocycles. The van der Waals surface area contributed by atoms with Crippen LogP contribution in [0, 0.1) is 5.92 Å². The summed E-state index contributed by atoms with van der Waals surface area (Å²) in [4.78, 5) is 6.98. The summed E-state index contributed by atoms with van der Waals surface area (Å²) in [6.45, 7) is 8.87. The minimum absolute atomic E-state index is 0.395. The van der Waals surface area contributed by atoms with Crippen LogP contribution in [0.2, 0.25) is 0 Å². The molecule has 0 radical (unpaired) electrons. The number of hydrogen-bond acceptors (Lipinski definition) is 4. The second-order valence-electron chi connectivity index (χ2n) is 6.20. The number of nitrogens with one attached hydrogen (secondary N) is 1. The minimum Gasteiger partial charge on any atom is -0.314 e. The molecule has 0 saturated carbocycles. The Morgan fingerprint density at radius 1 is 1.42 bits per heavy atom. The van der Waals surface area contributed by atoms with Gasteiger partial charge in [0.2, 0.25) is 0 Å². The van der Waals surface area contributed by atoms with E-state index in [4.69, 9.17) is 0 Å². The van der Waals surface area contributed by atoms with Crippen molar-refractivity contribution < 1.29 is 0 Å². The van der Waals surface area contributed by atoms with Crippen molar-refractivity contribution in [2.24, 2.45) is 5.92 Å². The first-order valence-electron chi connectivity index (χ1n) is 7.58. The lowest BCUT2D eigenvalue weighted by Crippen LogP contribution is -2.51. The summed E-state index contributed by atoms with van der Waals surface area (Å²) in [5, 5.41) is 8.00. The standard InChI is InChI=1S/C14H25N5/c1-11(2)19-14(16-10-17-19)9-18-7-5-13-12(8-18)4-3-6-15-13/h10-13,15H,3-9H2,1-2H3. The van der Waals surface area contributed by atoms with Gasteiger partial charge in [-0.15, -0.1) is 0 Å². The normalized spacial score (nSPS) is 28.6. The van der Waals surface area contributed by atoms with Crippen molar-refractivity contribution in [2.75, 3.05) is 19.6 Å². The molecule has 2 unspecified atom stereocenters. The van der Waals surface area contributed by atoms with Gasteiger partial charge >= 0.3 is 0 Å². The molecule has 19 heavy (non-hydrogen) atoms. The first kappa shape index (κ1) is 13.1. The third-order valence-electron chi connectivity index (χ3n) is 4.48. The zero-order valence-corrected chi connectivity index (χ0v) is 12.0. The van der Waals surface area contributed by atoms with E-state index in [1.807, 2.05) is 4.68 Å². The fraction of sp³-hybridized carbons (Fsp3) is 0.857. The molecule has 1 aromatic heterocycles. The molecule has 0 spiro atoms. The lowest BCUT2D eigenvalue weighted by Gasteiger charge is -2.41. The molecule has 2 saturated heterocycles. The summed E-state index contributed by atoms with van der Waals surface area (Å²) < 4.78 is 2.05. The van der Waals surface area contributed by atoms with E-state index in [2.05, 4.69) is 34.1 Å². The average Bonchev–Trinajstić information content (AvgIpc) is 2.87. The quantitative estimate of drug-likeness (QED) is 0.896. The van der Waals surface area contributed by atoms with E-state index in [1.165, 1.54) is 38.9 Å². The van der Waals surface area contributed by atoms with E-state index in [-0.39, 0.29) is 0 Å². The number of hydrogen-bond donors (Lipinski definition) is 1. The molecule has 2 aliphatic rings. The van der Waals surface area contributed by atoms with Gasteiger partial charge in [0.05, 0.1) is 6.54 Å². The molecule has 2 atom stereocenters. The maximum Gasteiger partial charge on any atom is 0.141 e. The van der Waals surface area contributed by atoms with Crippen LogP contribution < -0.4 is 5.32 Å². The summed E-state index contributed by atoms with van der Waals surface area (Å²) in [6, 6.07) is 1.15. The highest BCUT2D eigenvalue weighted by Crippen LogP contribution is 2.25. The van der Waals surface area contributed by atoms with E-state index in [0.29, 0.717) is 6.04 Å². The predicted octanol–water partition coefficient (Wildman–Crippen LogP) is 1.43. The summed E-state index contributed by atoms with van der Waals surface area (Å²) in [7, 11) is 0. The maximum atomic E-state index is 4.43. The molecule has 2 aliphatic heterocycles. The first-order chi connectivity index (χ1) is 9.24. The number of nitrogens with zero attached hydrogens (tertiary/aromatic N) is 4. The highest BCUT2D eigenvalue weighted by molar-refractivity contribution is 4.92. The van der Waals surface area contributed by atoms with Crippen molar-refractivity contribution >= 4 is 0 Å². The molecule has 0 bridgehead atoms. The smallest absolute Gasteiger partial charge is 0.141 e. The summed E-state index contributed by atoms with van der Waals surface area (Å²) in [5.74, 6) is 1.94. The molecule has 0 aliphatic carbocycles. The van der Waals surface area contributed by atoms with Crippen molar-refractivity contribution in [3.05, 3.63) is 12.2 Å². The van der Waals surface area contributed by atoms with Gasteiger partial charge in [0, 0.05) is 25.2 Å². The molecule has 1 N–H and O–H groups in total. The lowest BCUT2D eigenvalue weighted by atomic mass is 9.85. The Morgan fingerprint density at radius 3 is 3.16 bits per heavy atom. The van der Waals surface area contributed by atoms with Crippen molar-refractivity contribution in [3.63, 3.8) is 0 Å². The van der Waals surface area contributed by atoms with Gasteiger partial charge in [-0.25, -0.2) is 9.67 Å².